The summed E-state index contributed by atoms with van der Waals surface area (Å²) in [7, 11) is 1.71. The summed E-state index contributed by atoms with van der Waals surface area (Å²) in [6.07, 6.45) is 9.25. The van der Waals surface area contributed by atoms with Crippen LogP contribution in [0.25, 0.3) is 17.0 Å². The van der Waals surface area contributed by atoms with Gasteiger partial charge in [0, 0.05) is 24.9 Å². The molecule has 1 N–H and O–H groups in total. The number of halogens is 1. The first-order chi connectivity index (χ1) is 16.2. The lowest BCUT2D eigenvalue weighted by Crippen LogP contribution is -2.00. The third-order valence-corrected chi connectivity index (χ3v) is 5.17. The zero-order chi connectivity index (χ0) is 25.7. The molecule has 1 fully saturated rings. The van der Waals surface area contributed by atoms with Gasteiger partial charge in [0.1, 0.15) is 5.82 Å². The van der Waals surface area contributed by atoms with Crippen molar-refractivity contribution in [3.8, 4) is 11.4 Å². The highest BCUT2D eigenvalue weighted by Crippen LogP contribution is 2.31. The van der Waals surface area contributed by atoms with E-state index in [1.165, 1.54) is 31.4 Å². The molecule has 0 saturated heterocycles. The monoisotopic (exact) mass is 472 g/mol. The van der Waals surface area contributed by atoms with Gasteiger partial charge in [0.2, 0.25) is 5.82 Å². The third kappa shape index (κ3) is 9.83. The second-order valence-corrected chi connectivity index (χ2v) is 8.12. The number of carboxylic acid groups (broad SMARTS) is 1. The minimum absolute atomic E-state index is 0.182. The molecule has 0 unspecified atom stereocenters. The largest absolute Gasteiger partial charge is 0.478 e. The molecule has 0 bridgehead atoms. The lowest BCUT2D eigenvalue weighted by atomic mass is 10.1. The molecular weight excluding hydrogens is 435 g/mol. The molecule has 7 heteroatoms. The van der Waals surface area contributed by atoms with E-state index >= 15 is 0 Å². The highest BCUT2D eigenvalue weighted by Gasteiger charge is 2.17. The molecule has 1 aliphatic rings. The summed E-state index contributed by atoms with van der Waals surface area (Å²) in [6, 6.07) is 3.68. The summed E-state index contributed by atoms with van der Waals surface area (Å²) in [5.74, 6) is -0.576. The molecule has 3 rings (SSSR count). The number of benzene rings is 1. The van der Waals surface area contributed by atoms with Gasteiger partial charge >= 0.3 is 5.97 Å². The lowest BCUT2D eigenvalue weighted by molar-refractivity contribution is 0.0692. The first kappa shape index (κ1) is 29.0. The predicted octanol–water partition coefficient (Wildman–Crippen LogP) is 7.35. The van der Waals surface area contributed by atoms with Crippen molar-refractivity contribution in [2.75, 3.05) is 13.7 Å². The Hall–Kier alpha value is -3.06. The molecule has 0 atom stereocenters. The third-order valence-electron chi connectivity index (χ3n) is 5.17. The topological polar surface area (TPSA) is 85.5 Å². The Morgan fingerprint density at radius 3 is 2.38 bits per heavy atom. The van der Waals surface area contributed by atoms with Gasteiger partial charge < -0.3 is 14.4 Å². The van der Waals surface area contributed by atoms with Gasteiger partial charge in [-0.15, -0.1) is 0 Å². The fourth-order valence-corrected chi connectivity index (χ4v) is 2.64. The van der Waals surface area contributed by atoms with Crippen molar-refractivity contribution < 1.29 is 23.6 Å². The number of allylic oxidation sites excluding steroid dienone is 5. The number of aromatic carboxylic acids is 1. The van der Waals surface area contributed by atoms with Crippen molar-refractivity contribution >= 4 is 11.5 Å². The van der Waals surface area contributed by atoms with Gasteiger partial charge in [-0.3, -0.25) is 0 Å². The minimum atomic E-state index is -1.33. The molecule has 0 radical (unpaired) electrons. The van der Waals surface area contributed by atoms with E-state index in [1.54, 1.807) is 7.11 Å². The zero-order valence-electron chi connectivity index (χ0n) is 21.2. The number of nitrogens with zero attached hydrogens (tertiary/aromatic N) is 2. The molecule has 1 aromatic heterocycles. The molecular formula is C27H37FN2O4. The molecule has 1 aromatic carbocycles. The highest BCUT2D eigenvalue weighted by molar-refractivity contribution is 5.88. The van der Waals surface area contributed by atoms with Crippen LogP contribution in [0.1, 0.15) is 76.6 Å². The fraction of sp³-hybridized carbons (Fsp3) is 0.444. The number of hydrogen-bond acceptors (Lipinski definition) is 5. The maximum atomic E-state index is 13.8. The number of ether oxygens (including phenoxy) is 1. The van der Waals surface area contributed by atoms with E-state index in [0.717, 1.165) is 41.7 Å². The molecule has 1 aliphatic carbocycles. The minimum Gasteiger partial charge on any atom is -0.478 e. The van der Waals surface area contributed by atoms with E-state index in [0.29, 0.717) is 5.56 Å². The summed E-state index contributed by atoms with van der Waals surface area (Å²) in [4.78, 5) is 15.1. The van der Waals surface area contributed by atoms with Crippen LogP contribution < -0.4 is 0 Å². The second-order valence-electron chi connectivity index (χ2n) is 8.12. The van der Waals surface area contributed by atoms with Crippen LogP contribution in [-0.2, 0) is 4.74 Å². The fourth-order valence-electron chi connectivity index (χ4n) is 2.64. The Morgan fingerprint density at radius 1 is 1.32 bits per heavy atom. The van der Waals surface area contributed by atoms with E-state index in [2.05, 4.69) is 30.6 Å². The van der Waals surface area contributed by atoms with Crippen LogP contribution in [0, 0.1) is 11.7 Å². The summed E-state index contributed by atoms with van der Waals surface area (Å²) < 4.78 is 23.7. The smallest absolute Gasteiger partial charge is 0.338 e. The number of rotatable bonds is 8. The molecule has 1 saturated carbocycles. The van der Waals surface area contributed by atoms with Crippen LogP contribution in [0.15, 0.2) is 52.6 Å². The van der Waals surface area contributed by atoms with Crippen LogP contribution in [0.5, 0.6) is 0 Å². The van der Waals surface area contributed by atoms with Crippen molar-refractivity contribution in [2.24, 2.45) is 5.92 Å². The number of aromatic nitrogens is 2. The number of methoxy groups -OCH3 is 1. The second kappa shape index (κ2) is 15.0. The number of carboxylic acids is 1. The first-order valence-corrected chi connectivity index (χ1v) is 11.5. The van der Waals surface area contributed by atoms with Crippen molar-refractivity contribution in [1.82, 2.24) is 10.1 Å². The molecule has 0 amide bonds. The van der Waals surface area contributed by atoms with E-state index in [9.17, 15) is 9.18 Å². The number of hydrogen-bond donors (Lipinski definition) is 1. The van der Waals surface area contributed by atoms with E-state index in [4.69, 9.17) is 14.4 Å². The van der Waals surface area contributed by atoms with Gasteiger partial charge in [-0.1, -0.05) is 56.5 Å². The summed E-state index contributed by atoms with van der Waals surface area (Å²) in [6.45, 7) is 14.8. The van der Waals surface area contributed by atoms with Gasteiger partial charge in [-0.2, -0.15) is 4.98 Å². The van der Waals surface area contributed by atoms with Gasteiger partial charge in [0.25, 0.3) is 5.89 Å². The average molecular weight is 473 g/mol. The van der Waals surface area contributed by atoms with Crippen molar-refractivity contribution in [1.29, 1.82) is 0 Å². The quantitative estimate of drug-likeness (QED) is 0.404. The summed E-state index contributed by atoms with van der Waals surface area (Å²) >= 11 is 0. The Kier molecular flexibility index (Phi) is 12.7. The molecule has 2 aromatic rings. The molecule has 1 heterocycles. The Morgan fingerprint density at radius 2 is 2.00 bits per heavy atom. The van der Waals surface area contributed by atoms with Crippen LogP contribution in [0.3, 0.4) is 0 Å². The summed E-state index contributed by atoms with van der Waals surface area (Å²) in [5, 5.41) is 12.7. The molecule has 186 valence electrons. The first-order valence-electron chi connectivity index (χ1n) is 11.5. The zero-order valence-corrected chi connectivity index (χ0v) is 21.2. The van der Waals surface area contributed by atoms with Gasteiger partial charge in [-0.05, 0) is 63.0 Å². The van der Waals surface area contributed by atoms with E-state index in [1.807, 2.05) is 32.9 Å². The van der Waals surface area contributed by atoms with Gasteiger partial charge in [0.15, 0.2) is 0 Å². The van der Waals surface area contributed by atoms with Gasteiger partial charge in [-0.25, -0.2) is 9.18 Å². The Balaban J connectivity index is 0.000000478. The standard InChI is InChI=1S/C18H17FN2O3.C5H10.C4H10O/c1-5-12(8-11(4)10(2)3)17-20-16(21-24-17)13-6-7-14(18(22)23)15(19)9-13;1-2-5-3-4-5;1-3-4-5-2/h5-9H,2H2,1,3-4H3,(H,22,23);5H,2-4H2,1H3;3-4H2,1-2H3/b11-8-,12-5+;;. The van der Waals surface area contributed by atoms with Crippen molar-refractivity contribution in [2.45, 2.75) is 60.3 Å². The maximum absolute atomic E-state index is 13.8. The average Bonchev–Trinajstić information content (AvgIpc) is 3.53. The molecule has 0 spiro atoms. The van der Waals surface area contributed by atoms with Crippen LogP contribution in [0.2, 0.25) is 0 Å². The highest BCUT2D eigenvalue weighted by atomic mass is 19.1. The predicted molar refractivity (Wildman–Crippen MR) is 134 cm³/mol. The normalized spacial score (nSPS) is 13.4. The maximum Gasteiger partial charge on any atom is 0.338 e. The molecule has 34 heavy (non-hydrogen) atoms. The summed E-state index contributed by atoms with van der Waals surface area (Å²) in [5.41, 5.74) is 2.54. The number of carbonyl (C=O) groups is 1. The molecule has 6 nitrogen and oxygen atoms in total. The van der Waals surface area contributed by atoms with Crippen molar-refractivity contribution in [3.05, 3.63) is 65.3 Å². The molecule has 0 aliphatic heterocycles. The van der Waals surface area contributed by atoms with Crippen LogP contribution >= 0.6 is 0 Å². The van der Waals surface area contributed by atoms with E-state index in [-0.39, 0.29) is 11.7 Å². The Bertz CT molecular complexity index is 1000. The van der Waals surface area contributed by atoms with Crippen molar-refractivity contribution in [3.63, 3.8) is 0 Å². The van der Waals surface area contributed by atoms with Crippen LogP contribution in [0.4, 0.5) is 4.39 Å². The van der Waals surface area contributed by atoms with Gasteiger partial charge in [0.05, 0.1) is 5.56 Å². The Labute approximate surface area is 202 Å². The lowest BCUT2D eigenvalue weighted by Gasteiger charge is -2.00. The SMILES string of the molecule is C=C(C)/C(C)=C\C(=C/C)c1nc(-c2ccc(C(=O)O)c(F)c2)no1.CCC1CC1.CCCOC. The van der Waals surface area contributed by atoms with E-state index < -0.39 is 17.3 Å². The van der Waals surface area contributed by atoms with Crippen LogP contribution in [-0.4, -0.2) is 34.9 Å².